The van der Waals surface area contributed by atoms with Gasteiger partial charge < -0.3 is 20.1 Å². The molecule has 0 saturated carbocycles. The van der Waals surface area contributed by atoms with Gasteiger partial charge in [-0.2, -0.15) is 5.10 Å². The molecule has 2 amide bonds. The van der Waals surface area contributed by atoms with Gasteiger partial charge in [0.25, 0.3) is 5.56 Å². The van der Waals surface area contributed by atoms with Gasteiger partial charge in [0.1, 0.15) is 11.8 Å². The molecule has 0 unspecified atom stereocenters. The maximum absolute atomic E-state index is 12.7. The number of aromatic nitrogens is 2. The standard InChI is InChI=1S/C20H18ClN5O5/c1-10(27)22-13-6-3-11(4-7-13)18(28)16(25-26-20(30)31-2)17-19(29)24-15-9-12(21)5-8-14(15)23-17/h3-9,18,28H,1-2H3,(H,22,27)(H,24,29)(H,26,30)/b25-16+/t18-/m1/s1. The topological polar surface area (TPSA) is 146 Å². The van der Waals surface area contributed by atoms with Gasteiger partial charge in [-0.05, 0) is 35.9 Å². The molecule has 1 atom stereocenters. The molecule has 0 radical (unpaired) electrons. The number of methoxy groups -OCH3 is 1. The van der Waals surface area contributed by atoms with E-state index < -0.39 is 17.8 Å². The Labute approximate surface area is 180 Å². The zero-order chi connectivity index (χ0) is 22.5. The molecule has 0 aliphatic rings. The van der Waals surface area contributed by atoms with Crippen LogP contribution in [0.1, 0.15) is 24.3 Å². The van der Waals surface area contributed by atoms with Crippen LogP contribution in [0.3, 0.4) is 0 Å². The zero-order valence-electron chi connectivity index (χ0n) is 16.5. The molecule has 11 heteroatoms. The van der Waals surface area contributed by atoms with E-state index in [2.05, 4.69) is 30.5 Å². The zero-order valence-corrected chi connectivity index (χ0v) is 17.2. The third-order valence-corrected chi connectivity index (χ3v) is 4.39. The largest absolute Gasteiger partial charge is 0.452 e. The molecule has 0 aliphatic heterocycles. The van der Waals surface area contributed by atoms with Crippen molar-refractivity contribution in [2.45, 2.75) is 13.0 Å². The molecule has 1 heterocycles. The van der Waals surface area contributed by atoms with Crippen LogP contribution in [-0.4, -0.2) is 39.9 Å². The summed E-state index contributed by atoms with van der Waals surface area (Å²) in [5, 5.41) is 17.8. The molecule has 2 aromatic carbocycles. The summed E-state index contributed by atoms with van der Waals surface area (Å²) in [6, 6.07) is 11.0. The molecular weight excluding hydrogens is 426 g/mol. The Kier molecular flexibility index (Phi) is 6.63. The van der Waals surface area contributed by atoms with Gasteiger partial charge in [-0.15, -0.1) is 0 Å². The fourth-order valence-corrected chi connectivity index (χ4v) is 2.91. The first-order valence-corrected chi connectivity index (χ1v) is 9.33. The number of ether oxygens (including phenoxy) is 1. The van der Waals surface area contributed by atoms with Crippen molar-refractivity contribution in [3.05, 3.63) is 69.1 Å². The van der Waals surface area contributed by atoms with Crippen LogP contribution in [0.15, 0.2) is 52.4 Å². The van der Waals surface area contributed by atoms with Crippen LogP contribution < -0.4 is 16.3 Å². The lowest BCUT2D eigenvalue weighted by molar-refractivity contribution is -0.114. The molecule has 0 spiro atoms. The van der Waals surface area contributed by atoms with Crippen LogP contribution in [0.5, 0.6) is 0 Å². The Balaban J connectivity index is 2.06. The number of rotatable bonds is 5. The molecule has 4 N–H and O–H groups in total. The highest BCUT2D eigenvalue weighted by Gasteiger charge is 2.23. The van der Waals surface area contributed by atoms with Crippen molar-refractivity contribution in [2.24, 2.45) is 5.10 Å². The molecule has 160 valence electrons. The highest BCUT2D eigenvalue weighted by molar-refractivity contribution is 6.31. The fourth-order valence-electron chi connectivity index (χ4n) is 2.74. The first-order valence-electron chi connectivity index (χ1n) is 8.95. The lowest BCUT2D eigenvalue weighted by Crippen LogP contribution is -2.29. The molecule has 31 heavy (non-hydrogen) atoms. The van der Waals surface area contributed by atoms with Crippen LogP contribution in [-0.2, 0) is 9.53 Å². The van der Waals surface area contributed by atoms with E-state index in [0.29, 0.717) is 27.3 Å². The Morgan fingerprint density at radius 2 is 1.94 bits per heavy atom. The van der Waals surface area contributed by atoms with Crippen molar-refractivity contribution in [2.75, 3.05) is 12.4 Å². The fraction of sp³-hybridized carbons (Fsp3) is 0.150. The van der Waals surface area contributed by atoms with Crippen LogP contribution >= 0.6 is 11.6 Å². The quantitative estimate of drug-likeness (QED) is 0.351. The summed E-state index contributed by atoms with van der Waals surface area (Å²) in [6.07, 6.45) is -2.32. The first-order chi connectivity index (χ1) is 14.8. The van der Waals surface area contributed by atoms with Gasteiger partial charge in [-0.3, -0.25) is 9.59 Å². The van der Waals surface area contributed by atoms with Gasteiger partial charge in [0.15, 0.2) is 5.69 Å². The van der Waals surface area contributed by atoms with Crippen molar-refractivity contribution in [3.63, 3.8) is 0 Å². The third kappa shape index (κ3) is 5.24. The van der Waals surface area contributed by atoms with E-state index in [-0.39, 0.29) is 17.3 Å². The monoisotopic (exact) mass is 443 g/mol. The number of aromatic amines is 1. The number of nitrogens with one attached hydrogen (secondary N) is 3. The molecule has 0 saturated heterocycles. The smallest absolute Gasteiger partial charge is 0.427 e. The average molecular weight is 444 g/mol. The number of halogens is 1. The van der Waals surface area contributed by atoms with Gasteiger partial charge in [0, 0.05) is 17.6 Å². The normalized spacial score (nSPS) is 12.3. The summed E-state index contributed by atoms with van der Waals surface area (Å²) < 4.78 is 4.49. The lowest BCUT2D eigenvalue weighted by atomic mass is 10.0. The maximum atomic E-state index is 12.7. The van der Waals surface area contributed by atoms with E-state index in [1.807, 2.05) is 0 Å². The number of anilines is 1. The summed E-state index contributed by atoms with van der Waals surface area (Å²) in [6.45, 7) is 1.37. The second-order valence-electron chi connectivity index (χ2n) is 6.38. The number of carbonyl (C=O) groups is 2. The number of H-pyrrole nitrogens is 1. The second-order valence-corrected chi connectivity index (χ2v) is 6.82. The van der Waals surface area contributed by atoms with Crippen LogP contribution in [0, 0.1) is 0 Å². The summed E-state index contributed by atoms with van der Waals surface area (Å²) in [7, 11) is 1.15. The van der Waals surface area contributed by atoms with Crippen LogP contribution in [0.4, 0.5) is 10.5 Å². The minimum Gasteiger partial charge on any atom is -0.452 e. The number of carbonyl (C=O) groups excluding carboxylic acids is 2. The summed E-state index contributed by atoms with van der Waals surface area (Å²) in [5.74, 6) is -0.246. The van der Waals surface area contributed by atoms with Gasteiger partial charge in [-0.25, -0.2) is 15.2 Å². The Morgan fingerprint density at radius 3 is 2.58 bits per heavy atom. The van der Waals surface area contributed by atoms with Crippen molar-refractivity contribution in [3.8, 4) is 0 Å². The Bertz CT molecular complexity index is 1220. The number of aliphatic hydroxyl groups excluding tert-OH is 1. The van der Waals surface area contributed by atoms with Crippen LogP contribution in [0.2, 0.25) is 5.02 Å². The van der Waals surface area contributed by atoms with Crippen molar-refractivity contribution in [1.29, 1.82) is 0 Å². The first kappa shape index (κ1) is 21.9. The van der Waals surface area contributed by atoms with Crippen molar-refractivity contribution >= 4 is 46.0 Å². The number of nitrogens with zero attached hydrogens (tertiary/aromatic N) is 2. The van der Waals surface area contributed by atoms with Gasteiger partial charge in [0.05, 0.1) is 18.1 Å². The second kappa shape index (κ2) is 9.37. The number of amides is 2. The molecule has 3 rings (SSSR count). The molecule has 1 aromatic heterocycles. The predicted octanol–water partition coefficient (Wildman–Crippen LogP) is 2.33. The van der Waals surface area contributed by atoms with Crippen molar-refractivity contribution in [1.82, 2.24) is 15.4 Å². The van der Waals surface area contributed by atoms with E-state index >= 15 is 0 Å². The van der Waals surface area contributed by atoms with Crippen LogP contribution in [0.25, 0.3) is 11.0 Å². The number of aliphatic hydroxyl groups is 1. The minimum absolute atomic E-state index is 0.204. The number of hydrogen-bond acceptors (Lipinski definition) is 7. The SMILES string of the molecule is COC(=O)N/N=C(\c1nc2ccc(Cl)cc2[nH]c1=O)[C@H](O)c1ccc(NC(C)=O)cc1. The van der Waals surface area contributed by atoms with E-state index in [9.17, 15) is 19.5 Å². The van der Waals surface area contributed by atoms with Gasteiger partial charge >= 0.3 is 6.09 Å². The summed E-state index contributed by atoms with van der Waals surface area (Å²) >= 11 is 5.95. The van der Waals surface area contributed by atoms with Gasteiger partial charge in [0.2, 0.25) is 5.91 Å². The maximum Gasteiger partial charge on any atom is 0.427 e. The van der Waals surface area contributed by atoms with Crippen molar-refractivity contribution < 1.29 is 19.4 Å². The van der Waals surface area contributed by atoms with Gasteiger partial charge in [-0.1, -0.05) is 23.7 Å². The highest BCUT2D eigenvalue weighted by atomic mass is 35.5. The molecule has 0 aliphatic carbocycles. The summed E-state index contributed by atoms with van der Waals surface area (Å²) in [4.78, 5) is 42.3. The highest BCUT2D eigenvalue weighted by Crippen LogP contribution is 2.21. The minimum atomic E-state index is -1.43. The van der Waals surface area contributed by atoms with E-state index in [1.54, 1.807) is 36.4 Å². The number of hydrazone groups is 1. The molecule has 3 aromatic rings. The molecule has 0 bridgehead atoms. The molecular formula is C20H18ClN5O5. The lowest BCUT2D eigenvalue weighted by Gasteiger charge is -2.15. The van der Waals surface area contributed by atoms with E-state index in [1.165, 1.54) is 13.0 Å². The summed E-state index contributed by atoms with van der Waals surface area (Å²) in [5.41, 5.74) is 2.70. The average Bonchev–Trinajstić information content (AvgIpc) is 2.73. The predicted molar refractivity (Wildman–Crippen MR) is 115 cm³/mol. The number of benzene rings is 2. The molecule has 0 fully saturated rings. The van der Waals surface area contributed by atoms with E-state index in [0.717, 1.165) is 7.11 Å². The Morgan fingerprint density at radius 1 is 1.23 bits per heavy atom. The number of hydrogen-bond donors (Lipinski definition) is 4. The van der Waals surface area contributed by atoms with E-state index in [4.69, 9.17) is 11.6 Å². The molecule has 10 nitrogen and oxygen atoms in total. The number of fused-ring (bicyclic) bond motifs is 1. The third-order valence-electron chi connectivity index (χ3n) is 4.16. The Hall–Kier alpha value is -3.76.